The molecule has 4 aromatic rings. The maximum Gasteiger partial charge on any atom is 0.254 e. The van der Waals surface area contributed by atoms with Crippen molar-refractivity contribution in [3.8, 4) is 5.75 Å². The van der Waals surface area contributed by atoms with Gasteiger partial charge in [0.1, 0.15) is 5.75 Å². The van der Waals surface area contributed by atoms with Gasteiger partial charge in [-0.2, -0.15) is 0 Å². The molecule has 0 aliphatic rings. The number of H-pyrrole nitrogens is 1. The number of aromatic nitrogens is 1. The smallest absolute Gasteiger partial charge is 0.254 e. The molecule has 4 rings (SSSR count). The summed E-state index contributed by atoms with van der Waals surface area (Å²) in [5.74, 6) is 0.589. The molecule has 0 fully saturated rings. The third-order valence-corrected chi connectivity index (χ3v) is 5.01. The largest absolute Gasteiger partial charge is 0.497 e. The van der Waals surface area contributed by atoms with Crippen molar-refractivity contribution >= 4 is 16.8 Å². The van der Waals surface area contributed by atoms with Crippen molar-refractivity contribution in [3.63, 3.8) is 0 Å². The number of carbonyl (C=O) groups is 1. The van der Waals surface area contributed by atoms with E-state index < -0.39 is 0 Å². The van der Waals surface area contributed by atoms with Crippen LogP contribution in [0, 0.1) is 0 Å². The van der Waals surface area contributed by atoms with Crippen molar-refractivity contribution in [1.82, 2.24) is 9.88 Å². The summed E-state index contributed by atoms with van der Waals surface area (Å²) in [5, 5.41) is 0.857. The maximum absolute atomic E-state index is 13.2. The molecule has 5 heteroatoms. The number of pyridine rings is 1. The van der Waals surface area contributed by atoms with E-state index in [1.54, 1.807) is 30.2 Å². The minimum atomic E-state index is -0.202. The van der Waals surface area contributed by atoms with Gasteiger partial charge in [-0.15, -0.1) is 0 Å². The highest BCUT2D eigenvalue weighted by molar-refractivity contribution is 5.94. The number of hydrogen-bond acceptors (Lipinski definition) is 3. The van der Waals surface area contributed by atoms with Crippen LogP contribution in [-0.2, 0) is 13.1 Å². The van der Waals surface area contributed by atoms with Crippen LogP contribution in [0.4, 0.5) is 0 Å². The number of aromatic amines is 1. The number of fused-ring (bicyclic) bond motifs is 1. The number of nitrogens with one attached hydrogen (secondary N) is 1. The summed E-state index contributed by atoms with van der Waals surface area (Å²) in [6.45, 7) is 0.606. The Kier molecular flexibility index (Phi) is 5.61. The summed E-state index contributed by atoms with van der Waals surface area (Å²) in [5.41, 5.74) is 2.64. The lowest BCUT2D eigenvalue weighted by atomic mass is 10.1. The zero-order valence-electron chi connectivity index (χ0n) is 16.7. The Morgan fingerprint density at radius 3 is 2.30 bits per heavy atom. The zero-order valence-corrected chi connectivity index (χ0v) is 16.7. The van der Waals surface area contributed by atoms with Crippen molar-refractivity contribution in [1.29, 1.82) is 0 Å². The molecule has 1 heterocycles. The van der Waals surface area contributed by atoms with E-state index in [9.17, 15) is 9.59 Å². The minimum Gasteiger partial charge on any atom is -0.497 e. The first-order valence-electron chi connectivity index (χ1n) is 9.72. The fraction of sp³-hybridized carbons (Fsp3) is 0.120. The van der Waals surface area contributed by atoms with Gasteiger partial charge in [-0.05, 0) is 42.0 Å². The molecule has 1 N–H and O–H groups in total. The summed E-state index contributed by atoms with van der Waals surface area (Å²) in [6, 6.07) is 26.2. The average Bonchev–Trinajstić information content (AvgIpc) is 2.79. The number of amides is 1. The first-order chi connectivity index (χ1) is 14.6. The van der Waals surface area contributed by atoms with E-state index in [1.165, 1.54) is 0 Å². The van der Waals surface area contributed by atoms with Gasteiger partial charge in [0.25, 0.3) is 11.5 Å². The van der Waals surface area contributed by atoms with Crippen LogP contribution in [0.15, 0.2) is 89.7 Å². The number of methoxy groups -OCH3 is 1. The highest BCUT2D eigenvalue weighted by Gasteiger charge is 2.18. The Hall–Kier alpha value is -3.86. The molecule has 1 amide bonds. The highest BCUT2D eigenvalue weighted by atomic mass is 16.5. The van der Waals surface area contributed by atoms with E-state index in [2.05, 4.69) is 4.98 Å². The van der Waals surface area contributed by atoms with Crippen LogP contribution in [0.1, 0.15) is 21.5 Å². The van der Waals surface area contributed by atoms with Crippen molar-refractivity contribution in [2.45, 2.75) is 13.1 Å². The lowest BCUT2D eigenvalue weighted by molar-refractivity contribution is 0.0729. The van der Waals surface area contributed by atoms with Crippen LogP contribution in [-0.4, -0.2) is 22.9 Å². The first kappa shape index (κ1) is 19.5. The molecule has 150 valence electrons. The van der Waals surface area contributed by atoms with E-state index in [4.69, 9.17) is 4.74 Å². The molecule has 0 bridgehead atoms. The third kappa shape index (κ3) is 4.25. The van der Waals surface area contributed by atoms with Crippen LogP contribution in [0.2, 0.25) is 0 Å². The Morgan fingerprint density at radius 2 is 1.60 bits per heavy atom. The average molecular weight is 398 g/mol. The summed E-state index contributed by atoms with van der Waals surface area (Å²) >= 11 is 0. The SMILES string of the molecule is COc1ccc2[nH]c(=O)c(CN(Cc3ccccc3)C(=O)c3ccccc3)cc2c1. The van der Waals surface area contributed by atoms with E-state index in [0.717, 1.165) is 16.5 Å². The van der Waals surface area contributed by atoms with E-state index in [-0.39, 0.29) is 18.0 Å². The number of carbonyl (C=O) groups excluding carboxylic acids is 1. The van der Waals surface area contributed by atoms with Crippen molar-refractivity contribution in [2.24, 2.45) is 0 Å². The van der Waals surface area contributed by atoms with Crippen LogP contribution in [0.5, 0.6) is 5.75 Å². The number of rotatable bonds is 6. The third-order valence-electron chi connectivity index (χ3n) is 5.01. The lowest BCUT2D eigenvalue weighted by Gasteiger charge is -2.23. The van der Waals surface area contributed by atoms with E-state index >= 15 is 0 Å². The van der Waals surface area contributed by atoms with E-state index in [1.807, 2.05) is 66.7 Å². The van der Waals surface area contributed by atoms with Gasteiger partial charge in [0.15, 0.2) is 0 Å². The van der Waals surface area contributed by atoms with Crippen LogP contribution in [0.25, 0.3) is 10.9 Å². The topological polar surface area (TPSA) is 62.4 Å². The molecule has 0 saturated carbocycles. The molecule has 0 aliphatic heterocycles. The molecule has 30 heavy (non-hydrogen) atoms. The number of ether oxygens (including phenoxy) is 1. The maximum atomic E-state index is 13.2. The predicted molar refractivity (Wildman–Crippen MR) is 118 cm³/mol. The molecular formula is C25H22N2O3. The molecule has 0 saturated heterocycles. The summed E-state index contributed by atoms with van der Waals surface area (Å²) in [7, 11) is 1.61. The van der Waals surface area contributed by atoms with Crippen LogP contribution in [0.3, 0.4) is 0 Å². The second-order valence-electron chi connectivity index (χ2n) is 7.09. The standard InChI is InChI=1S/C25H22N2O3/c1-30-22-12-13-23-20(15-22)14-21(24(28)26-23)17-27(16-18-8-4-2-5-9-18)25(29)19-10-6-3-7-11-19/h2-15H,16-17H2,1H3,(H,26,28). The first-order valence-corrected chi connectivity index (χ1v) is 9.72. The molecule has 0 radical (unpaired) electrons. The Bertz CT molecular complexity index is 1220. The number of benzene rings is 3. The lowest BCUT2D eigenvalue weighted by Crippen LogP contribution is -2.32. The molecule has 5 nitrogen and oxygen atoms in total. The zero-order chi connectivity index (χ0) is 20.9. The molecule has 0 spiro atoms. The quantitative estimate of drug-likeness (QED) is 0.524. The summed E-state index contributed by atoms with van der Waals surface area (Å²) < 4.78 is 5.29. The van der Waals surface area contributed by atoms with Crippen molar-refractivity contribution < 1.29 is 9.53 Å². The van der Waals surface area contributed by atoms with Gasteiger partial charge in [0.2, 0.25) is 0 Å². The Labute approximate surface area is 174 Å². The summed E-state index contributed by atoms with van der Waals surface area (Å²) in [4.78, 5) is 30.5. The normalized spacial score (nSPS) is 10.7. The molecule has 0 aliphatic carbocycles. The van der Waals surface area contributed by atoms with Gasteiger partial charge in [-0.3, -0.25) is 9.59 Å². The molecular weight excluding hydrogens is 376 g/mol. The van der Waals surface area contributed by atoms with Gasteiger partial charge >= 0.3 is 0 Å². The van der Waals surface area contributed by atoms with Crippen molar-refractivity contribution in [2.75, 3.05) is 7.11 Å². The Morgan fingerprint density at radius 1 is 0.900 bits per heavy atom. The van der Waals surface area contributed by atoms with Gasteiger partial charge in [0.05, 0.1) is 13.7 Å². The molecule has 0 unspecified atom stereocenters. The summed E-state index contributed by atoms with van der Waals surface area (Å²) in [6.07, 6.45) is 0. The fourth-order valence-corrected chi connectivity index (χ4v) is 3.45. The number of hydrogen-bond donors (Lipinski definition) is 1. The Balaban J connectivity index is 1.71. The van der Waals surface area contributed by atoms with Gasteiger partial charge < -0.3 is 14.6 Å². The van der Waals surface area contributed by atoms with Gasteiger partial charge in [0, 0.05) is 28.6 Å². The molecule has 1 aromatic heterocycles. The monoisotopic (exact) mass is 398 g/mol. The minimum absolute atomic E-state index is 0.121. The predicted octanol–water partition coefficient (Wildman–Crippen LogP) is 4.38. The fourth-order valence-electron chi connectivity index (χ4n) is 3.45. The molecule has 3 aromatic carbocycles. The second-order valence-corrected chi connectivity index (χ2v) is 7.09. The second kappa shape index (κ2) is 8.66. The molecule has 0 atom stereocenters. The van der Waals surface area contributed by atoms with Crippen LogP contribution >= 0.6 is 0 Å². The number of nitrogens with zero attached hydrogens (tertiary/aromatic N) is 1. The van der Waals surface area contributed by atoms with Gasteiger partial charge in [-0.1, -0.05) is 48.5 Å². The van der Waals surface area contributed by atoms with Crippen molar-refractivity contribution in [3.05, 3.63) is 112 Å². The van der Waals surface area contributed by atoms with Gasteiger partial charge in [-0.25, -0.2) is 0 Å². The van der Waals surface area contributed by atoms with Crippen LogP contribution < -0.4 is 10.3 Å². The van der Waals surface area contributed by atoms with E-state index in [0.29, 0.717) is 23.4 Å². The highest BCUT2D eigenvalue weighted by Crippen LogP contribution is 2.20.